The molecule has 164 valence electrons. The Morgan fingerprint density at radius 2 is 2.06 bits per heavy atom. The van der Waals surface area contributed by atoms with Crippen molar-refractivity contribution in [3.63, 3.8) is 0 Å². The predicted molar refractivity (Wildman–Crippen MR) is 133 cm³/mol. The molecule has 1 heterocycles. The number of carbonyl (C=O) groups is 1. The number of rotatable bonds is 10. The molecular formula is C25H24BrN3O2S. The highest BCUT2D eigenvalue weighted by molar-refractivity contribution is 9.10. The van der Waals surface area contributed by atoms with Gasteiger partial charge in [0.15, 0.2) is 0 Å². The fourth-order valence-electron chi connectivity index (χ4n) is 3.03. The number of thiazole rings is 1. The summed E-state index contributed by atoms with van der Waals surface area (Å²) in [6.45, 7) is 2.55. The van der Waals surface area contributed by atoms with Crippen molar-refractivity contribution in [3.05, 3.63) is 75.2 Å². The number of hydrogen-bond donors (Lipinski definition) is 1. The molecular weight excluding hydrogens is 486 g/mol. The van der Waals surface area contributed by atoms with Gasteiger partial charge >= 0.3 is 5.97 Å². The fraction of sp³-hybridized carbons (Fsp3) is 0.240. The summed E-state index contributed by atoms with van der Waals surface area (Å²) in [5, 5.41) is 15.3. The van der Waals surface area contributed by atoms with Gasteiger partial charge in [-0.25, -0.2) is 9.78 Å². The second-order valence-corrected chi connectivity index (χ2v) is 8.88. The van der Waals surface area contributed by atoms with Crippen molar-refractivity contribution in [3.8, 4) is 17.3 Å². The third-order valence-corrected chi connectivity index (χ3v) is 6.09. The Labute approximate surface area is 200 Å². The number of anilines is 1. The number of hydrogen-bond acceptors (Lipinski definition) is 6. The van der Waals surface area contributed by atoms with Crippen LogP contribution in [0.4, 0.5) is 5.69 Å². The van der Waals surface area contributed by atoms with Crippen molar-refractivity contribution in [1.82, 2.24) is 4.98 Å². The molecule has 7 heteroatoms. The summed E-state index contributed by atoms with van der Waals surface area (Å²) < 4.78 is 6.38. The van der Waals surface area contributed by atoms with E-state index in [1.54, 1.807) is 24.4 Å². The van der Waals surface area contributed by atoms with Crippen molar-refractivity contribution in [2.24, 2.45) is 0 Å². The van der Waals surface area contributed by atoms with Crippen LogP contribution < -0.4 is 5.32 Å². The molecule has 0 saturated heterocycles. The summed E-state index contributed by atoms with van der Waals surface area (Å²) in [5.74, 6) is -0.373. The number of para-hydroxylation sites is 1. The maximum absolute atomic E-state index is 12.5. The van der Waals surface area contributed by atoms with Crippen LogP contribution in [-0.2, 0) is 4.74 Å². The monoisotopic (exact) mass is 509 g/mol. The molecule has 32 heavy (non-hydrogen) atoms. The molecule has 0 aliphatic heterocycles. The Kier molecular flexibility index (Phi) is 9.02. The second kappa shape index (κ2) is 12.2. The number of carbonyl (C=O) groups excluding carboxylic acids is 1. The molecule has 2 aromatic carbocycles. The highest BCUT2D eigenvalue weighted by atomic mass is 79.9. The lowest BCUT2D eigenvalue weighted by Crippen LogP contribution is -2.09. The number of nitriles is 1. The van der Waals surface area contributed by atoms with Crippen LogP contribution in [0.3, 0.4) is 0 Å². The number of halogens is 1. The molecule has 5 nitrogen and oxygen atoms in total. The number of ether oxygens (including phenoxy) is 1. The van der Waals surface area contributed by atoms with Crippen LogP contribution in [0.2, 0.25) is 0 Å². The van der Waals surface area contributed by atoms with Crippen LogP contribution in [-0.4, -0.2) is 17.6 Å². The minimum Gasteiger partial charge on any atom is -0.462 e. The van der Waals surface area contributed by atoms with Gasteiger partial charge in [-0.3, -0.25) is 0 Å². The van der Waals surface area contributed by atoms with Gasteiger partial charge in [-0.2, -0.15) is 5.26 Å². The fourth-order valence-corrected chi connectivity index (χ4v) is 4.22. The largest absolute Gasteiger partial charge is 0.462 e. The maximum Gasteiger partial charge on any atom is 0.340 e. The third kappa shape index (κ3) is 6.52. The molecule has 1 N–H and O–H groups in total. The number of benzene rings is 2. The first-order valence-electron chi connectivity index (χ1n) is 10.5. The number of esters is 1. The predicted octanol–water partition coefficient (Wildman–Crippen LogP) is 7.29. The van der Waals surface area contributed by atoms with Crippen LogP contribution in [0.5, 0.6) is 0 Å². The van der Waals surface area contributed by atoms with Crippen molar-refractivity contribution in [2.75, 3.05) is 11.9 Å². The first-order valence-corrected chi connectivity index (χ1v) is 12.1. The Morgan fingerprint density at radius 3 is 2.84 bits per heavy atom. The molecule has 0 aliphatic carbocycles. The van der Waals surface area contributed by atoms with Gasteiger partial charge in [0.05, 0.1) is 23.6 Å². The molecule has 0 amide bonds. The summed E-state index contributed by atoms with van der Waals surface area (Å²) >= 11 is 4.87. The van der Waals surface area contributed by atoms with Gasteiger partial charge in [0, 0.05) is 21.6 Å². The standard InChI is InChI=1S/C25H24BrN3O2S/c1-2-3-4-7-13-31-25(30)21-11-5-6-12-22(21)28-16-19(15-27)24-29-23(17-32-24)18-9-8-10-20(26)14-18/h5-6,8-12,14,16-17,28H,2-4,7,13H2,1H3/b19-16+. The van der Waals surface area contributed by atoms with E-state index in [1.165, 1.54) is 11.3 Å². The van der Waals surface area contributed by atoms with Crippen LogP contribution in [0.25, 0.3) is 16.8 Å². The number of allylic oxidation sites excluding steroid dienone is 1. The van der Waals surface area contributed by atoms with E-state index in [9.17, 15) is 10.1 Å². The van der Waals surface area contributed by atoms with E-state index < -0.39 is 0 Å². The van der Waals surface area contributed by atoms with Gasteiger partial charge in [0.25, 0.3) is 0 Å². The SMILES string of the molecule is CCCCCCOC(=O)c1ccccc1N/C=C(\C#N)c1nc(-c2cccc(Br)c2)cs1. The average molecular weight is 510 g/mol. The van der Waals surface area contributed by atoms with Gasteiger partial charge in [0.2, 0.25) is 0 Å². The highest BCUT2D eigenvalue weighted by Gasteiger charge is 2.13. The lowest BCUT2D eigenvalue weighted by atomic mass is 10.1. The molecule has 0 atom stereocenters. The lowest BCUT2D eigenvalue weighted by molar-refractivity contribution is 0.0499. The Bertz CT molecular complexity index is 1130. The maximum atomic E-state index is 12.5. The highest BCUT2D eigenvalue weighted by Crippen LogP contribution is 2.28. The number of unbranched alkanes of at least 4 members (excludes halogenated alkanes) is 3. The molecule has 3 rings (SSSR count). The van der Waals surface area contributed by atoms with Crippen LogP contribution in [0.1, 0.15) is 48.0 Å². The molecule has 0 saturated carbocycles. The average Bonchev–Trinajstić information content (AvgIpc) is 3.30. The van der Waals surface area contributed by atoms with Crippen LogP contribution in [0, 0.1) is 11.3 Å². The van der Waals surface area contributed by atoms with Crippen molar-refractivity contribution in [2.45, 2.75) is 32.6 Å². The van der Waals surface area contributed by atoms with Gasteiger partial charge < -0.3 is 10.1 Å². The first-order chi connectivity index (χ1) is 15.6. The Balaban J connectivity index is 1.71. The van der Waals surface area contributed by atoms with Crippen molar-refractivity contribution >= 4 is 44.5 Å². The molecule has 1 aromatic heterocycles. The van der Waals surface area contributed by atoms with E-state index in [1.807, 2.05) is 35.7 Å². The molecule has 0 radical (unpaired) electrons. The van der Waals surface area contributed by atoms with Crippen molar-refractivity contribution < 1.29 is 9.53 Å². The first kappa shape index (κ1) is 23.7. The normalized spacial score (nSPS) is 11.1. The zero-order valence-corrected chi connectivity index (χ0v) is 20.2. The summed E-state index contributed by atoms with van der Waals surface area (Å²) in [5.41, 5.74) is 3.19. The molecule has 0 spiro atoms. The quantitative estimate of drug-likeness (QED) is 0.176. The van der Waals surface area contributed by atoms with Crippen LogP contribution >= 0.6 is 27.3 Å². The zero-order valence-electron chi connectivity index (χ0n) is 17.8. The summed E-state index contributed by atoms with van der Waals surface area (Å²) in [7, 11) is 0. The summed E-state index contributed by atoms with van der Waals surface area (Å²) in [4.78, 5) is 17.1. The van der Waals surface area contributed by atoms with E-state index in [0.29, 0.717) is 28.4 Å². The minimum absolute atomic E-state index is 0.373. The number of nitrogens with zero attached hydrogens (tertiary/aromatic N) is 2. The second-order valence-electron chi connectivity index (χ2n) is 7.10. The molecule has 0 aliphatic rings. The van der Waals surface area contributed by atoms with Gasteiger partial charge in [-0.1, -0.05) is 66.4 Å². The summed E-state index contributed by atoms with van der Waals surface area (Å²) in [6, 6.07) is 17.2. The Morgan fingerprint density at radius 1 is 1.22 bits per heavy atom. The third-order valence-electron chi connectivity index (χ3n) is 4.73. The van der Waals surface area contributed by atoms with E-state index in [0.717, 1.165) is 41.4 Å². The number of nitrogens with one attached hydrogen (secondary N) is 1. The lowest BCUT2D eigenvalue weighted by Gasteiger charge is -2.09. The molecule has 0 fully saturated rings. The molecule has 0 unspecified atom stereocenters. The van der Waals surface area contributed by atoms with Crippen LogP contribution in [0.15, 0.2) is 64.6 Å². The minimum atomic E-state index is -0.373. The summed E-state index contributed by atoms with van der Waals surface area (Å²) in [6.07, 6.45) is 5.76. The van der Waals surface area contributed by atoms with E-state index in [2.05, 4.69) is 39.2 Å². The molecule has 0 bridgehead atoms. The van der Waals surface area contributed by atoms with E-state index in [-0.39, 0.29) is 5.97 Å². The van der Waals surface area contributed by atoms with Crippen molar-refractivity contribution in [1.29, 1.82) is 5.26 Å². The van der Waals surface area contributed by atoms with Gasteiger partial charge in [-0.05, 0) is 30.7 Å². The van der Waals surface area contributed by atoms with E-state index in [4.69, 9.17) is 4.74 Å². The number of aromatic nitrogens is 1. The van der Waals surface area contributed by atoms with E-state index >= 15 is 0 Å². The Hall–Kier alpha value is -2.95. The van der Waals surface area contributed by atoms with Gasteiger partial charge in [-0.15, -0.1) is 11.3 Å². The topological polar surface area (TPSA) is 75.0 Å². The smallest absolute Gasteiger partial charge is 0.340 e. The zero-order chi connectivity index (χ0) is 22.8. The van der Waals surface area contributed by atoms with Gasteiger partial charge in [0.1, 0.15) is 16.6 Å². The molecule has 3 aromatic rings.